The predicted octanol–water partition coefficient (Wildman–Crippen LogP) is 4.44. The largest absolute Gasteiger partial charge is 0.489 e. The number of β-amino-alcohol motifs (C(OH)–C–C–N with tert-alkyl or cyclic N) is 1. The van der Waals surface area contributed by atoms with Gasteiger partial charge in [0.15, 0.2) is 0 Å². The number of nitriles is 1. The van der Waals surface area contributed by atoms with Crippen LogP contribution in [0.3, 0.4) is 0 Å². The summed E-state index contributed by atoms with van der Waals surface area (Å²) in [6.45, 7) is 6.62. The number of fused-ring (bicyclic) bond motifs is 1. The van der Waals surface area contributed by atoms with Crippen molar-refractivity contribution in [3.05, 3.63) is 64.7 Å². The fourth-order valence-electron chi connectivity index (χ4n) is 5.03. The van der Waals surface area contributed by atoms with Gasteiger partial charge in [-0.15, -0.1) is 0 Å². The molecule has 2 aromatic rings. The molecule has 0 aromatic heterocycles. The van der Waals surface area contributed by atoms with E-state index in [1.165, 1.54) is 11.1 Å². The van der Waals surface area contributed by atoms with E-state index >= 15 is 0 Å². The Balaban J connectivity index is 1.56. The highest BCUT2D eigenvalue weighted by atomic mass is 16.5. The van der Waals surface area contributed by atoms with Gasteiger partial charge in [0.1, 0.15) is 24.5 Å². The van der Waals surface area contributed by atoms with Crippen LogP contribution in [0.25, 0.3) is 0 Å². The lowest BCUT2D eigenvalue weighted by molar-refractivity contribution is -0.137. The number of hydrogen-bond donors (Lipinski definition) is 3. The minimum absolute atomic E-state index is 0.0210. The van der Waals surface area contributed by atoms with E-state index in [0.29, 0.717) is 35.8 Å². The molecule has 0 bridgehead atoms. The van der Waals surface area contributed by atoms with Crippen molar-refractivity contribution in [2.45, 2.75) is 70.4 Å². The van der Waals surface area contributed by atoms with Gasteiger partial charge in [-0.05, 0) is 74.1 Å². The summed E-state index contributed by atoms with van der Waals surface area (Å²) < 4.78 is 5.92. The number of aliphatic hydroxyl groups is 1. The summed E-state index contributed by atoms with van der Waals surface area (Å²) >= 11 is 0. The summed E-state index contributed by atoms with van der Waals surface area (Å²) in [6, 6.07) is 15.9. The van der Waals surface area contributed by atoms with Gasteiger partial charge in [0.05, 0.1) is 12.0 Å². The molecule has 0 aliphatic heterocycles. The zero-order valence-electron chi connectivity index (χ0n) is 20.4. The molecule has 3 rings (SSSR count). The Morgan fingerprint density at radius 2 is 1.88 bits per heavy atom. The molecule has 0 saturated carbocycles. The van der Waals surface area contributed by atoms with Gasteiger partial charge in [0.2, 0.25) is 0 Å². The molecule has 0 amide bonds. The van der Waals surface area contributed by atoms with E-state index in [0.717, 1.165) is 19.3 Å². The molecule has 1 unspecified atom stereocenters. The topological polar surface area (TPSA) is 103 Å². The van der Waals surface area contributed by atoms with Gasteiger partial charge in [0.25, 0.3) is 0 Å². The average molecular weight is 465 g/mol. The van der Waals surface area contributed by atoms with Crippen LogP contribution in [0.5, 0.6) is 5.75 Å². The third-order valence-electron chi connectivity index (χ3n) is 6.69. The predicted molar refractivity (Wildman–Crippen MR) is 132 cm³/mol. The molecule has 0 spiro atoms. The molecular weight excluding hydrogens is 428 g/mol. The summed E-state index contributed by atoms with van der Waals surface area (Å²) in [4.78, 5) is 11.3. The quantitative estimate of drug-likeness (QED) is 0.429. The standard InChI is InChI=1S/C28H36N2O4/c1-4-20(14-26(32)33)25-11-7-10-23(16-29)27(25)34-18-24(31)17-30-28(2,3)15-19-12-21-8-5-6-9-22(21)13-19/h5-11,19-20,24,30-31H,4,12-15,17-18H2,1-3H3,(H,32,33)/t20?,24-/m1/s1. The highest BCUT2D eigenvalue weighted by molar-refractivity contribution is 5.68. The number of carboxylic acid groups (broad SMARTS) is 1. The van der Waals surface area contributed by atoms with Crippen molar-refractivity contribution in [3.8, 4) is 11.8 Å². The first-order valence-electron chi connectivity index (χ1n) is 12.1. The molecule has 0 saturated heterocycles. The molecule has 1 aliphatic carbocycles. The monoisotopic (exact) mass is 464 g/mol. The van der Waals surface area contributed by atoms with Gasteiger partial charge in [-0.3, -0.25) is 4.79 Å². The minimum atomic E-state index is -0.892. The van der Waals surface area contributed by atoms with Gasteiger partial charge >= 0.3 is 5.97 Å². The zero-order valence-corrected chi connectivity index (χ0v) is 20.4. The van der Waals surface area contributed by atoms with E-state index in [1.54, 1.807) is 18.2 Å². The Morgan fingerprint density at radius 3 is 2.47 bits per heavy atom. The van der Waals surface area contributed by atoms with Gasteiger partial charge in [-0.2, -0.15) is 5.26 Å². The molecule has 0 heterocycles. The minimum Gasteiger partial charge on any atom is -0.489 e. The van der Waals surface area contributed by atoms with Crippen molar-refractivity contribution >= 4 is 5.97 Å². The number of carboxylic acids is 1. The number of hydrogen-bond acceptors (Lipinski definition) is 5. The second-order valence-corrected chi connectivity index (χ2v) is 10.0. The third kappa shape index (κ3) is 6.82. The fourth-order valence-corrected chi connectivity index (χ4v) is 5.03. The van der Waals surface area contributed by atoms with E-state index < -0.39 is 12.1 Å². The zero-order chi connectivity index (χ0) is 24.7. The smallest absolute Gasteiger partial charge is 0.303 e. The van der Waals surface area contributed by atoms with Crippen molar-refractivity contribution in [1.82, 2.24) is 5.32 Å². The molecule has 3 N–H and O–H groups in total. The lowest BCUT2D eigenvalue weighted by Gasteiger charge is -2.30. The van der Waals surface area contributed by atoms with Crippen molar-refractivity contribution in [1.29, 1.82) is 5.26 Å². The highest BCUT2D eigenvalue weighted by Crippen LogP contribution is 2.34. The number of carbonyl (C=O) groups is 1. The second kappa shape index (κ2) is 11.5. The summed E-state index contributed by atoms with van der Waals surface area (Å²) in [5.41, 5.74) is 3.79. The summed E-state index contributed by atoms with van der Waals surface area (Å²) in [7, 11) is 0. The first-order valence-corrected chi connectivity index (χ1v) is 12.1. The summed E-state index contributed by atoms with van der Waals surface area (Å²) in [5.74, 6) is -0.193. The van der Waals surface area contributed by atoms with Crippen LogP contribution < -0.4 is 10.1 Å². The third-order valence-corrected chi connectivity index (χ3v) is 6.69. The molecule has 34 heavy (non-hydrogen) atoms. The van der Waals surface area contributed by atoms with Crippen LogP contribution in [-0.4, -0.2) is 41.0 Å². The van der Waals surface area contributed by atoms with Crippen molar-refractivity contribution in [3.63, 3.8) is 0 Å². The molecule has 0 radical (unpaired) electrons. The van der Waals surface area contributed by atoms with Crippen molar-refractivity contribution in [2.24, 2.45) is 5.92 Å². The first kappa shape index (κ1) is 25.7. The van der Waals surface area contributed by atoms with Gasteiger partial charge in [-0.1, -0.05) is 43.3 Å². The molecule has 182 valence electrons. The Morgan fingerprint density at radius 1 is 1.21 bits per heavy atom. The molecule has 0 fully saturated rings. The number of benzene rings is 2. The number of aliphatic carboxylic acids is 1. The van der Waals surface area contributed by atoms with Crippen LogP contribution in [0, 0.1) is 17.2 Å². The number of ether oxygens (including phenoxy) is 1. The fraction of sp³-hybridized carbons (Fsp3) is 0.500. The van der Waals surface area contributed by atoms with Crippen LogP contribution in [0.4, 0.5) is 0 Å². The molecule has 6 nitrogen and oxygen atoms in total. The number of nitrogens with one attached hydrogen (secondary N) is 1. The van der Waals surface area contributed by atoms with E-state index in [-0.39, 0.29) is 24.5 Å². The number of rotatable bonds is 12. The van der Waals surface area contributed by atoms with E-state index in [4.69, 9.17) is 4.74 Å². The van der Waals surface area contributed by atoms with E-state index in [1.807, 2.05) is 6.92 Å². The van der Waals surface area contributed by atoms with Gasteiger partial charge in [0, 0.05) is 12.1 Å². The maximum Gasteiger partial charge on any atom is 0.303 e. The van der Waals surface area contributed by atoms with Crippen LogP contribution in [0.2, 0.25) is 0 Å². The maximum absolute atomic E-state index is 11.3. The number of para-hydroxylation sites is 1. The first-order chi connectivity index (χ1) is 16.2. The Labute approximate surface area is 202 Å². The SMILES string of the molecule is CCC(CC(=O)O)c1cccc(C#N)c1OC[C@H](O)CNC(C)(C)CC1Cc2ccccc2C1. The summed E-state index contributed by atoms with van der Waals surface area (Å²) in [6.07, 6.45) is 3.00. The van der Waals surface area contributed by atoms with Crippen molar-refractivity contribution < 1.29 is 19.7 Å². The van der Waals surface area contributed by atoms with Gasteiger partial charge < -0.3 is 20.3 Å². The van der Waals surface area contributed by atoms with E-state index in [2.05, 4.69) is 49.5 Å². The Kier molecular flexibility index (Phi) is 8.71. The molecule has 2 aromatic carbocycles. The van der Waals surface area contributed by atoms with E-state index in [9.17, 15) is 20.3 Å². The second-order valence-electron chi connectivity index (χ2n) is 10.0. The number of aliphatic hydroxyl groups excluding tert-OH is 1. The lowest BCUT2D eigenvalue weighted by Crippen LogP contribution is -2.46. The lowest BCUT2D eigenvalue weighted by atomic mass is 9.88. The molecule has 6 heteroatoms. The number of nitrogens with zero attached hydrogens (tertiary/aromatic N) is 1. The van der Waals surface area contributed by atoms with Crippen LogP contribution in [0.15, 0.2) is 42.5 Å². The summed E-state index contributed by atoms with van der Waals surface area (Å²) in [5, 5.41) is 32.9. The maximum atomic E-state index is 11.3. The Hall–Kier alpha value is -2.88. The van der Waals surface area contributed by atoms with Gasteiger partial charge in [-0.25, -0.2) is 0 Å². The van der Waals surface area contributed by atoms with Crippen LogP contribution >= 0.6 is 0 Å². The highest BCUT2D eigenvalue weighted by Gasteiger charge is 2.28. The Bertz CT molecular complexity index is 1000. The van der Waals surface area contributed by atoms with Crippen LogP contribution in [0.1, 0.15) is 68.2 Å². The molecule has 2 atom stereocenters. The molecular formula is C28H36N2O4. The molecule has 1 aliphatic rings. The average Bonchev–Trinajstić information content (AvgIpc) is 3.21. The van der Waals surface area contributed by atoms with Crippen molar-refractivity contribution in [2.75, 3.05) is 13.2 Å². The van der Waals surface area contributed by atoms with Crippen LogP contribution in [-0.2, 0) is 17.6 Å². The normalized spacial score (nSPS) is 15.4.